The molecule has 0 fully saturated rings. The average molecular weight is 302 g/mol. The fourth-order valence-corrected chi connectivity index (χ4v) is 2.20. The lowest BCUT2D eigenvalue weighted by Crippen LogP contribution is -2.30. The minimum absolute atomic E-state index is 0.699. The van der Waals surface area contributed by atoms with Gasteiger partial charge in [-0.2, -0.15) is 5.10 Å². The molecule has 0 spiro atoms. The molecule has 4 nitrogen and oxygen atoms in total. The fraction of sp³-hybridized carbons (Fsp3) is 0.375. The molecule has 1 aromatic heterocycles. The molecule has 0 amide bonds. The van der Waals surface area contributed by atoms with Crippen LogP contribution in [0.1, 0.15) is 25.1 Å². The predicted molar refractivity (Wildman–Crippen MR) is 91.4 cm³/mol. The molecular weight excluding hydrogens is 280 g/mol. The van der Waals surface area contributed by atoms with Gasteiger partial charge in [0.2, 0.25) is 0 Å². The van der Waals surface area contributed by atoms with E-state index in [9.17, 15) is 0 Å². The van der Waals surface area contributed by atoms with Gasteiger partial charge < -0.3 is 10.2 Å². The molecule has 1 heterocycles. The first-order valence-electron chi connectivity index (χ1n) is 7.25. The van der Waals surface area contributed by atoms with E-state index in [1.807, 2.05) is 28.9 Å². The van der Waals surface area contributed by atoms with E-state index < -0.39 is 0 Å². The number of benzene rings is 1. The second kappa shape index (κ2) is 7.22. The number of anilines is 1. The molecule has 1 N–H and O–H groups in total. The number of thiocarbonyl (C=S) groups is 1. The van der Waals surface area contributed by atoms with Crippen LogP contribution >= 0.6 is 12.2 Å². The van der Waals surface area contributed by atoms with Crippen molar-refractivity contribution in [3.8, 4) is 0 Å². The van der Waals surface area contributed by atoms with Crippen molar-refractivity contribution in [2.75, 3.05) is 12.4 Å². The summed E-state index contributed by atoms with van der Waals surface area (Å²) in [5, 5.41) is 8.42. The highest BCUT2D eigenvalue weighted by Gasteiger charge is 2.07. The van der Waals surface area contributed by atoms with Gasteiger partial charge in [0.1, 0.15) is 0 Å². The lowest BCUT2D eigenvalue weighted by atomic mass is 10.1. The van der Waals surface area contributed by atoms with Gasteiger partial charge in [-0.1, -0.05) is 19.1 Å². The Morgan fingerprint density at radius 2 is 1.95 bits per heavy atom. The van der Waals surface area contributed by atoms with Gasteiger partial charge in [-0.3, -0.25) is 4.68 Å². The molecule has 0 unspecified atom stereocenters. The molecule has 0 aliphatic carbocycles. The van der Waals surface area contributed by atoms with Crippen LogP contribution < -0.4 is 5.32 Å². The van der Waals surface area contributed by atoms with E-state index in [-0.39, 0.29) is 0 Å². The highest BCUT2D eigenvalue weighted by molar-refractivity contribution is 7.80. The lowest BCUT2D eigenvalue weighted by molar-refractivity contribution is 0.492. The molecule has 0 bridgehead atoms. The molecule has 2 aromatic rings. The number of rotatable bonds is 5. The van der Waals surface area contributed by atoms with Crippen LogP contribution in [0.3, 0.4) is 0 Å². The van der Waals surface area contributed by atoms with Crippen LogP contribution in [0.2, 0.25) is 0 Å². The van der Waals surface area contributed by atoms with Crippen molar-refractivity contribution in [1.29, 1.82) is 0 Å². The zero-order chi connectivity index (χ0) is 15.2. The van der Waals surface area contributed by atoms with E-state index in [1.54, 1.807) is 0 Å². The Labute approximate surface area is 131 Å². The number of aryl methyl sites for hydroxylation is 2. The molecule has 5 heteroatoms. The van der Waals surface area contributed by atoms with Crippen molar-refractivity contribution in [2.45, 2.75) is 33.4 Å². The Balaban J connectivity index is 1.92. The van der Waals surface area contributed by atoms with E-state index in [0.29, 0.717) is 11.7 Å². The van der Waals surface area contributed by atoms with Crippen molar-refractivity contribution in [2.24, 2.45) is 0 Å². The maximum absolute atomic E-state index is 5.43. The summed E-state index contributed by atoms with van der Waals surface area (Å²) in [4.78, 5) is 1.99. The first-order chi connectivity index (χ1) is 10.1. The van der Waals surface area contributed by atoms with E-state index in [4.69, 9.17) is 12.2 Å². The van der Waals surface area contributed by atoms with Crippen LogP contribution in [0.25, 0.3) is 0 Å². The Hall–Kier alpha value is -1.88. The van der Waals surface area contributed by atoms with E-state index in [0.717, 1.165) is 24.3 Å². The summed E-state index contributed by atoms with van der Waals surface area (Å²) >= 11 is 5.43. The average Bonchev–Trinajstić information content (AvgIpc) is 2.95. The minimum atomic E-state index is 0.699. The Morgan fingerprint density at radius 1 is 1.24 bits per heavy atom. The summed E-state index contributed by atoms with van der Waals surface area (Å²) in [5.41, 5.74) is 3.36. The largest absolute Gasteiger partial charge is 0.346 e. The molecule has 0 aliphatic heterocycles. The van der Waals surface area contributed by atoms with E-state index in [2.05, 4.69) is 48.5 Å². The maximum Gasteiger partial charge on any atom is 0.173 e. The van der Waals surface area contributed by atoms with Gasteiger partial charge in [0.25, 0.3) is 0 Å². The molecule has 0 atom stereocenters. The van der Waals surface area contributed by atoms with Crippen LogP contribution in [0.4, 0.5) is 5.69 Å². The normalized spacial score (nSPS) is 10.4. The topological polar surface area (TPSA) is 33.1 Å². The summed E-state index contributed by atoms with van der Waals surface area (Å²) in [5.74, 6) is 0. The van der Waals surface area contributed by atoms with Crippen molar-refractivity contribution < 1.29 is 0 Å². The summed E-state index contributed by atoms with van der Waals surface area (Å²) in [6.07, 6.45) is 3.04. The molecule has 1 aromatic carbocycles. The molecule has 0 saturated carbocycles. The minimum Gasteiger partial charge on any atom is -0.346 e. The molecule has 112 valence electrons. The van der Waals surface area contributed by atoms with Crippen molar-refractivity contribution >= 4 is 23.0 Å². The second-order valence-electron chi connectivity index (χ2n) is 5.00. The third-order valence-electron chi connectivity index (χ3n) is 3.38. The van der Waals surface area contributed by atoms with Gasteiger partial charge in [0, 0.05) is 25.5 Å². The summed E-state index contributed by atoms with van der Waals surface area (Å²) in [7, 11) is 1.97. The summed E-state index contributed by atoms with van der Waals surface area (Å²) < 4.78 is 1.92. The molecule has 0 radical (unpaired) electrons. The Morgan fingerprint density at radius 3 is 2.52 bits per heavy atom. The molecular formula is C16H22N4S. The molecule has 0 saturated heterocycles. The Kier molecular flexibility index (Phi) is 5.33. The number of aromatic nitrogens is 2. The third-order valence-corrected chi connectivity index (χ3v) is 3.79. The van der Waals surface area contributed by atoms with Crippen molar-refractivity contribution in [3.05, 3.63) is 47.8 Å². The quantitative estimate of drug-likeness (QED) is 0.859. The number of hydrogen-bond acceptors (Lipinski definition) is 2. The van der Waals surface area contributed by atoms with Crippen LogP contribution in [-0.4, -0.2) is 26.8 Å². The van der Waals surface area contributed by atoms with Gasteiger partial charge in [-0.15, -0.1) is 0 Å². The first-order valence-corrected chi connectivity index (χ1v) is 7.66. The number of nitrogens with one attached hydrogen (secondary N) is 1. The van der Waals surface area contributed by atoms with Crippen LogP contribution in [0.5, 0.6) is 0 Å². The third kappa shape index (κ3) is 4.29. The summed E-state index contributed by atoms with van der Waals surface area (Å²) in [6.45, 7) is 5.81. The number of nitrogens with zero attached hydrogens (tertiary/aromatic N) is 3. The van der Waals surface area contributed by atoms with Gasteiger partial charge in [-0.25, -0.2) is 0 Å². The standard InChI is InChI=1S/C16H22N4S/c1-4-13-6-8-14(9-7-13)17-16(21)19(3)12-15-10-11-20(5-2)18-15/h6-11H,4-5,12H2,1-3H3,(H,17,21). The van der Waals surface area contributed by atoms with Gasteiger partial charge in [0.05, 0.1) is 12.2 Å². The fourth-order valence-electron chi connectivity index (χ4n) is 2.02. The second-order valence-corrected chi connectivity index (χ2v) is 5.39. The predicted octanol–water partition coefficient (Wildman–Crippen LogP) is 3.29. The highest BCUT2D eigenvalue weighted by Crippen LogP contribution is 2.11. The monoisotopic (exact) mass is 302 g/mol. The van der Waals surface area contributed by atoms with E-state index in [1.165, 1.54) is 5.56 Å². The zero-order valence-electron chi connectivity index (χ0n) is 12.8. The first kappa shape index (κ1) is 15.5. The Bertz CT molecular complexity index is 589. The van der Waals surface area contributed by atoms with Crippen LogP contribution in [0, 0.1) is 0 Å². The zero-order valence-corrected chi connectivity index (χ0v) is 13.7. The maximum atomic E-state index is 5.43. The smallest absolute Gasteiger partial charge is 0.173 e. The van der Waals surface area contributed by atoms with Crippen LogP contribution in [0.15, 0.2) is 36.5 Å². The van der Waals surface area contributed by atoms with Crippen molar-refractivity contribution in [3.63, 3.8) is 0 Å². The molecule has 2 rings (SSSR count). The number of hydrogen-bond donors (Lipinski definition) is 1. The van der Waals surface area contributed by atoms with Crippen molar-refractivity contribution in [1.82, 2.24) is 14.7 Å². The lowest BCUT2D eigenvalue weighted by Gasteiger charge is -2.20. The highest BCUT2D eigenvalue weighted by atomic mass is 32.1. The van der Waals surface area contributed by atoms with Crippen LogP contribution in [-0.2, 0) is 19.5 Å². The molecule has 0 aliphatic rings. The molecule has 21 heavy (non-hydrogen) atoms. The SMILES string of the molecule is CCc1ccc(NC(=S)N(C)Cc2ccn(CC)n2)cc1. The van der Waals surface area contributed by atoms with E-state index >= 15 is 0 Å². The van der Waals surface area contributed by atoms with Gasteiger partial charge in [-0.05, 0) is 49.3 Å². The van der Waals surface area contributed by atoms with Gasteiger partial charge in [0.15, 0.2) is 5.11 Å². The summed E-state index contributed by atoms with van der Waals surface area (Å²) in [6, 6.07) is 10.4. The van der Waals surface area contributed by atoms with Gasteiger partial charge >= 0.3 is 0 Å².